The summed E-state index contributed by atoms with van der Waals surface area (Å²) in [5, 5.41) is 15.1. The van der Waals surface area contributed by atoms with Gasteiger partial charge in [0.05, 0.1) is 5.69 Å². The van der Waals surface area contributed by atoms with Gasteiger partial charge in [0.15, 0.2) is 17.2 Å². The fourth-order valence-electron chi connectivity index (χ4n) is 1.36. The molecule has 0 radical (unpaired) electrons. The molecule has 0 spiro atoms. The van der Waals surface area contributed by atoms with Gasteiger partial charge >= 0.3 is 5.97 Å². The van der Waals surface area contributed by atoms with Crippen molar-refractivity contribution in [2.24, 2.45) is 5.16 Å². The molecular formula is C10H16N3O3PS2. The van der Waals surface area contributed by atoms with Gasteiger partial charge in [-0.3, -0.25) is 0 Å². The fraction of sp³-hybridized carbons (Fsp3) is 0.500. The van der Waals surface area contributed by atoms with Crippen molar-refractivity contribution in [3.8, 4) is 0 Å². The van der Waals surface area contributed by atoms with Gasteiger partial charge in [0, 0.05) is 11.4 Å². The zero-order chi connectivity index (χ0) is 14.5. The molecule has 0 amide bonds. The lowest BCUT2D eigenvalue weighted by atomic mass is 10.5. The number of hydrogen-bond acceptors (Lipinski definition) is 7. The summed E-state index contributed by atoms with van der Waals surface area (Å²) < 4.78 is 0. The lowest BCUT2D eigenvalue weighted by molar-refractivity contribution is -0.129. The van der Waals surface area contributed by atoms with Crippen molar-refractivity contribution in [1.29, 1.82) is 0 Å². The number of aliphatic carboxylic acids is 1. The van der Waals surface area contributed by atoms with Crippen molar-refractivity contribution in [2.75, 3.05) is 18.1 Å². The number of rotatable bonds is 7. The van der Waals surface area contributed by atoms with Gasteiger partial charge in [0.1, 0.15) is 0 Å². The molecule has 106 valence electrons. The molecule has 0 unspecified atom stereocenters. The van der Waals surface area contributed by atoms with Crippen LogP contribution in [0.3, 0.4) is 0 Å². The van der Waals surface area contributed by atoms with E-state index in [1.54, 1.807) is 5.38 Å². The Morgan fingerprint density at radius 1 is 1.63 bits per heavy atom. The highest BCUT2D eigenvalue weighted by atomic mass is 32.4. The lowest BCUT2D eigenvalue weighted by Crippen LogP contribution is -2.16. The molecule has 0 aliphatic heterocycles. The number of carboxylic acid groups (broad SMARTS) is 1. The largest absolute Gasteiger partial charge is 0.476 e. The van der Waals surface area contributed by atoms with E-state index < -0.39 is 12.0 Å². The molecule has 19 heavy (non-hydrogen) atoms. The third kappa shape index (κ3) is 4.26. The van der Waals surface area contributed by atoms with Gasteiger partial charge in [-0.2, -0.15) is 0 Å². The number of anilines is 1. The number of nitrogens with zero attached hydrogens (tertiary/aromatic N) is 2. The predicted molar refractivity (Wildman–Crippen MR) is 81.8 cm³/mol. The summed E-state index contributed by atoms with van der Waals surface area (Å²) in [6, 6.07) is -2.15. The molecule has 0 aliphatic carbocycles. The minimum absolute atomic E-state index is 0.0318. The van der Waals surface area contributed by atoms with E-state index in [0.29, 0.717) is 23.1 Å². The van der Waals surface area contributed by atoms with Crippen LogP contribution in [0, 0.1) is 0 Å². The van der Waals surface area contributed by atoms with Crippen LogP contribution < -0.4 is 5.73 Å². The second-order valence-corrected chi connectivity index (χ2v) is 10.1. The Hall–Kier alpha value is -0.980. The van der Waals surface area contributed by atoms with Gasteiger partial charge in [-0.15, -0.1) is 11.3 Å². The van der Waals surface area contributed by atoms with E-state index in [9.17, 15) is 9.90 Å². The first-order chi connectivity index (χ1) is 8.92. The van der Waals surface area contributed by atoms with E-state index in [2.05, 4.69) is 10.1 Å². The Kier molecular flexibility index (Phi) is 5.90. The van der Waals surface area contributed by atoms with Crippen LogP contribution in [0.25, 0.3) is 0 Å². The normalized spacial score (nSPS) is 12.4. The van der Waals surface area contributed by atoms with Gasteiger partial charge < -0.3 is 15.7 Å². The van der Waals surface area contributed by atoms with Gasteiger partial charge in [-0.25, -0.2) is 9.78 Å². The average Bonchev–Trinajstić information content (AvgIpc) is 2.79. The molecule has 1 heterocycles. The molecule has 0 saturated heterocycles. The molecule has 0 aliphatic rings. The highest BCUT2D eigenvalue weighted by Crippen LogP contribution is 2.47. The first-order valence-electron chi connectivity index (χ1n) is 5.64. The first-order valence-corrected chi connectivity index (χ1v) is 9.70. The molecule has 1 rings (SSSR count). The molecule has 3 N–H and O–H groups in total. The van der Waals surface area contributed by atoms with E-state index in [0.717, 1.165) is 0 Å². The van der Waals surface area contributed by atoms with Crippen LogP contribution in [0.4, 0.5) is 5.13 Å². The zero-order valence-electron chi connectivity index (χ0n) is 10.7. The Labute approximate surface area is 120 Å². The van der Waals surface area contributed by atoms with Crippen LogP contribution in [0.2, 0.25) is 0 Å². The summed E-state index contributed by atoms with van der Waals surface area (Å²) in [6.07, 6.45) is 1.22. The molecule has 0 atom stereocenters. The van der Waals surface area contributed by atoms with Gasteiger partial charge in [-0.1, -0.05) is 30.8 Å². The summed E-state index contributed by atoms with van der Waals surface area (Å²) in [7, 11) is 0. The van der Waals surface area contributed by atoms with Crippen molar-refractivity contribution < 1.29 is 14.7 Å². The van der Waals surface area contributed by atoms with Gasteiger partial charge in [-0.05, 0) is 12.3 Å². The van der Waals surface area contributed by atoms with Crippen LogP contribution in [-0.4, -0.2) is 33.8 Å². The Balaban J connectivity index is 2.80. The number of nitrogens with two attached hydrogens (primary N) is 1. The van der Waals surface area contributed by atoms with Crippen molar-refractivity contribution in [1.82, 2.24) is 4.98 Å². The molecule has 6 nitrogen and oxygen atoms in total. The summed E-state index contributed by atoms with van der Waals surface area (Å²) in [5.41, 5.74) is 6.07. The molecular weight excluding hydrogens is 305 g/mol. The maximum absolute atomic E-state index is 11.2. The minimum atomic E-state index is -2.15. The van der Waals surface area contributed by atoms with E-state index in [4.69, 9.17) is 22.4 Å². The van der Waals surface area contributed by atoms with Gasteiger partial charge in [0.2, 0.25) is 0 Å². The van der Waals surface area contributed by atoms with Crippen LogP contribution in [0.1, 0.15) is 19.5 Å². The summed E-state index contributed by atoms with van der Waals surface area (Å²) in [5.74, 6) is -1.11. The number of carboxylic acids is 1. The van der Waals surface area contributed by atoms with Gasteiger partial charge in [0.25, 0.3) is 0 Å². The summed E-state index contributed by atoms with van der Waals surface area (Å²) in [4.78, 5) is 20.3. The smallest absolute Gasteiger partial charge is 0.359 e. The highest BCUT2D eigenvalue weighted by molar-refractivity contribution is 8.23. The lowest BCUT2D eigenvalue weighted by Gasteiger charge is -2.16. The second kappa shape index (κ2) is 6.98. The second-order valence-electron chi connectivity index (χ2n) is 3.69. The number of thiazole rings is 1. The maximum Gasteiger partial charge on any atom is 0.359 e. The Morgan fingerprint density at radius 3 is 2.68 bits per heavy atom. The van der Waals surface area contributed by atoms with Crippen molar-refractivity contribution >= 4 is 45.7 Å². The highest BCUT2D eigenvalue weighted by Gasteiger charge is 2.27. The van der Waals surface area contributed by atoms with E-state index in [-0.39, 0.29) is 12.1 Å². The number of nitrogen functional groups attached to an aromatic ring is 1. The number of oxime groups is 1. The van der Waals surface area contributed by atoms with Crippen molar-refractivity contribution in [2.45, 2.75) is 20.5 Å². The number of hydrogen-bond donors (Lipinski definition) is 2. The van der Waals surface area contributed by atoms with E-state index >= 15 is 0 Å². The summed E-state index contributed by atoms with van der Waals surface area (Å²) in [6.45, 7) is 3.85. The van der Waals surface area contributed by atoms with E-state index in [1.165, 1.54) is 11.3 Å². The molecule has 0 fully saturated rings. The molecule has 1 aromatic heterocycles. The topological polar surface area (TPSA) is 97.8 Å². The van der Waals surface area contributed by atoms with Crippen LogP contribution in [-0.2, 0) is 28.0 Å². The minimum Gasteiger partial charge on any atom is -0.476 e. The Morgan fingerprint density at radius 2 is 2.26 bits per heavy atom. The molecule has 0 saturated carbocycles. The maximum atomic E-state index is 11.2. The van der Waals surface area contributed by atoms with E-state index in [1.807, 2.05) is 13.8 Å². The number of aromatic nitrogens is 1. The molecule has 0 bridgehead atoms. The van der Waals surface area contributed by atoms with Crippen molar-refractivity contribution in [3.05, 3.63) is 11.1 Å². The molecule has 1 aromatic rings. The van der Waals surface area contributed by atoms with Crippen molar-refractivity contribution in [3.63, 3.8) is 0 Å². The monoisotopic (exact) mass is 321 g/mol. The molecule has 0 aromatic carbocycles. The van der Waals surface area contributed by atoms with Crippen LogP contribution in [0.5, 0.6) is 0 Å². The fourth-order valence-corrected chi connectivity index (χ4v) is 3.84. The quantitative estimate of drug-likeness (QED) is 0.454. The third-order valence-corrected chi connectivity index (χ3v) is 8.41. The average molecular weight is 321 g/mol. The molecule has 9 heteroatoms. The predicted octanol–water partition coefficient (Wildman–Crippen LogP) is 2.16. The Bertz CT molecular complexity index is 522. The SMILES string of the molecule is CCP(=S)(CC)/C(=N\OCc1csc(N)n1)C(=O)O. The number of carbonyl (C=O) groups is 1. The zero-order valence-corrected chi connectivity index (χ0v) is 13.2. The van der Waals surface area contributed by atoms with Crippen LogP contribution in [0.15, 0.2) is 10.5 Å². The summed E-state index contributed by atoms with van der Waals surface area (Å²) >= 11 is 6.71. The standard InChI is InChI=1S/C10H16N3O3PS2/c1-3-17(18,4-2)8(9(14)15)13-16-5-7-6-19-10(11)12-7/h6H,3-5H2,1-2H3,(H2,11,12)(H,14,15)/b13-8-. The first kappa shape index (κ1) is 16.1. The third-order valence-electron chi connectivity index (χ3n) is 2.53. The van der Waals surface area contributed by atoms with Crippen LogP contribution >= 0.6 is 17.4 Å².